The summed E-state index contributed by atoms with van der Waals surface area (Å²) in [6.07, 6.45) is 3.57. The third-order valence-electron chi connectivity index (χ3n) is 4.71. The molecule has 3 aromatic heterocycles. The summed E-state index contributed by atoms with van der Waals surface area (Å²) >= 11 is 0. The first-order valence-electron chi connectivity index (χ1n) is 9.92. The molecule has 0 saturated carbocycles. The Kier molecular flexibility index (Phi) is 7.93. The maximum atomic E-state index is 5.28. The van der Waals surface area contributed by atoms with Crippen molar-refractivity contribution in [1.82, 2.24) is 35.4 Å². The van der Waals surface area contributed by atoms with Crippen LogP contribution in [0.3, 0.4) is 0 Å². The molecule has 1 aromatic carbocycles. The average Bonchev–Trinajstić information content (AvgIpc) is 3.44. The van der Waals surface area contributed by atoms with Crippen LogP contribution >= 0.6 is 24.0 Å². The van der Waals surface area contributed by atoms with Crippen LogP contribution in [-0.4, -0.2) is 44.3 Å². The highest BCUT2D eigenvalue weighted by Gasteiger charge is 2.08. The van der Waals surface area contributed by atoms with Crippen molar-refractivity contribution in [2.75, 3.05) is 13.6 Å². The smallest absolute Gasteiger partial charge is 0.257 e. The van der Waals surface area contributed by atoms with E-state index in [1.54, 1.807) is 7.05 Å². The fourth-order valence-corrected chi connectivity index (χ4v) is 3.05. The Bertz CT molecular complexity index is 1140. The summed E-state index contributed by atoms with van der Waals surface area (Å²) in [4.78, 5) is 8.63. The van der Waals surface area contributed by atoms with E-state index in [2.05, 4.69) is 48.1 Å². The number of nitrogens with zero attached hydrogens (tertiary/aromatic N) is 6. The number of rotatable bonds is 7. The average molecular weight is 532 g/mol. The van der Waals surface area contributed by atoms with Gasteiger partial charge in [0.2, 0.25) is 0 Å². The molecule has 0 radical (unpaired) electrons. The number of benzene rings is 1. The lowest BCUT2D eigenvalue weighted by atomic mass is 10.1. The van der Waals surface area contributed by atoms with Gasteiger partial charge in [-0.1, -0.05) is 30.3 Å². The second kappa shape index (κ2) is 10.8. The molecule has 0 atom stereocenters. The van der Waals surface area contributed by atoms with E-state index in [-0.39, 0.29) is 24.0 Å². The third kappa shape index (κ3) is 5.57. The standard InChI is InChI=1S/C21H24N8O.HI/c1-3-17-25-20(30-28-17)16-9-7-15(8-10-16)11-12-23-21(22-2)24-14-19-27-26-18-6-4-5-13-29(18)19;/h4-10,13H,3,11-12,14H2,1-2H3,(H2,22,23,24);1H. The van der Waals surface area contributed by atoms with Gasteiger partial charge in [0.1, 0.15) is 0 Å². The van der Waals surface area contributed by atoms with Gasteiger partial charge in [-0.2, -0.15) is 4.98 Å². The lowest BCUT2D eigenvalue weighted by Crippen LogP contribution is -2.38. The van der Waals surface area contributed by atoms with E-state index in [1.165, 1.54) is 5.56 Å². The van der Waals surface area contributed by atoms with Gasteiger partial charge in [-0.25, -0.2) is 0 Å². The number of hydrogen-bond donors (Lipinski definition) is 2. The summed E-state index contributed by atoms with van der Waals surface area (Å²) in [5.74, 6) is 2.83. The second-order valence-electron chi connectivity index (χ2n) is 6.71. The number of aliphatic imine (C=N–C) groups is 1. The zero-order chi connectivity index (χ0) is 20.8. The minimum absolute atomic E-state index is 0. The highest BCUT2D eigenvalue weighted by Crippen LogP contribution is 2.18. The van der Waals surface area contributed by atoms with Crippen LogP contribution < -0.4 is 10.6 Å². The number of guanidine groups is 1. The minimum atomic E-state index is 0. The van der Waals surface area contributed by atoms with Crippen molar-refractivity contribution in [3.8, 4) is 11.5 Å². The zero-order valence-electron chi connectivity index (χ0n) is 17.4. The van der Waals surface area contributed by atoms with Gasteiger partial charge in [0.15, 0.2) is 23.3 Å². The number of hydrogen-bond acceptors (Lipinski definition) is 6. The van der Waals surface area contributed by atoms with Crippen LogP contribution in [-0.2, 0) is 19.4 Å². The predicted octanol–water partition coefficient (Wildman–Crippen LogP) is 2.87. The number of aromatic nitrogens is 5. The van der Waals surface area contributed by atoms with E-state index in [0.717, 1.165) is 48.2 Å². The molecule has 4 rings (SSSR count). The van der Waals surface area contributed by atoms with Crippen molar-refractivity contribution in [2.24, 2.45) is 4.99 Å². The van der Waals surface area contributed by atoms with Crippen LogP contribution in [0.25, 0.3) is 17.1 Å². The lowest BCUT2D eigenvalue weighted by Gasteiger charge is -2.11. The second-order valence-corrected chi connectivity index (χ2v) is 6.71. The molecule has 31 heavy (non-hydrogen) atoms. The summed E-state index contributed by atoms with van der Waals surface area (Å²) in [6, 6.07) is 14.0. The Labute approximate surface area is 197 Å². The molecule has 0 aliphatic heterocycles. The van der Waals surface area contributed by atoms with E-state index < -0.39 is 0 Å². The molecule has 4 aromatic rings. The first-order valence-corrected chi connectivity index (χ1v) is 9.92. The number of aryl methyl sites for hydroxylation is 1. The van der Waals surface area contributed by atoms with Gasteiger partial charge in [-0.3, -0.25) is 9.39 Å². The van der Waals surface area contributed by atoms with Gasteiger partial charge in [0.25, 0.3) is 5.89 Å². The Morgan fingerprint density at radius 2 is 1.94 bits per heavy atom. The first kappa shape index (κ1) is 22.7. The summed E-state index contributed by atoms with van der Waals surface area (Å²) in [5, 5.41) is 18.9. The summed E-state index contributed by atoms with van der Waals surface area (Å²) in [6.45, 7) is 3.28. The molecule has 0 unspecified atom stereocenters. The van der Waals surface area contributed by atoms with Gasteiger partial charge >= 0.3 is 0 Å². The van der Waals surface area contributed by atoms with Crippen LogP contribution in [0.1, 0.15) is 24.1 Å². The minimum Gasteiger partial charge on any atom is -0.356 e. The summed E-state index contributed by atoms with van der Waals surface area (Å²) < 4.78 is 7.24. The predicted molar refractivity (Wildman–Crippen MR) is 129 cm³/mol. The third-order valence-corrected chi connectivity index (χ3v) is 4.71. The van der Waals surface area contributed by atoms with Gasteiger partial charge in [0.05, 0.1) is 6.54 Å². The molecule has 2 N–H and O–H groups in total. The van der Waals surface area contributed by atoms with Gasteiger partial charge < -0.3 is 15.2 Å². The Hall–Kier alpha value is -3.02. The van der Waals surface area contributed by atoms with Crippen molar-refractivity contribution in [2.45, 2.75) is 26.3 Å². The van der Waals surface area contributed by atoms with E-state index >= 15 is 0 Å². The molecule has 162 valence electrons. The van der Waals surface area contributed by atoms with E-state index in [4.69, 9.17) is 4.52 Å². The monoisotopic (exact) mass is 532 g/mol. The topological polar surface area (TPSA) is 106 Å². The SMILES string of the molecule is CCc1noc(-c2ccc(CCNC(=NC)NCc3nnc4ccccn34)cc2)n1.I. The fourth-order valence-electron chi connectivity index (χ4n) is 3.05. The Morgan fingerprint density at radius 3 is 2.68 bits per heavy atom. The van der Waals surface area contributed by atoms with E-state index in [1.807, 2.05) is 47.9 Å². The number of fused-ring (bicyclic) bond motifs is 1. The molecule has 0 saturated heterocycles. The van der Waals surface area contributed by atoms with Crippen molar-refractivity contribution < 1.29 is 4.52 Å². The largest absolute Gasteiger partial charge is 0.356 e. The molecular formula is C21H25IN8O. The van der Waals surface area contributed by atoms with Gasteiger partial charge in [-0.05, 0) is 36.2 Å². The highest BCUT2D eigenvalue weighted by molar-refractivity contribution is 14.0. The molecule has 0 amide bonds. The van der Waals surface area contributed by atoms with Gasteiger partial charge in [-0.15, -0.1) is 34.2 Å². The van der Waals surface area contributed by atoms with Crippen LogP contribution in [0, 0.1) is 0 Å². The first-order chi connectivity index (χ1) is 14.8. The maximum Gasteiger partial charge on any atom is 0.257 e. The number of pyridine rings is 1. The highest BCUT2D eigenvalue weighted by atomic mass is 127. The normalized spacial score (nSPS) is 11.4. The molecule has 0 fully saturated rings. The van der Waals surface area contributed by atoms with Crippen molar-refractivity contribution in [3.05, 3.63) is 65.9 Å². The molecule has 9 nitrogen and oxygen atoms in total. The van der Waals surface area contributed by atoms with E-state index in [0.29, 0.717) is 12.4 Å². The molecule has 3 heterocycles. The summed E-state index contributed by atoms with van der Waals surface area (Å²) in [7, 11) is 1.75. The van der Waals surface area contributed by atoms with Crippen LogP contribution in [0.2, 0.25) is 0 Å². The van der Waals surface area contributed by atoms with Gasteiger partial charge in [0, 0.05) is 31.8 Å². The molecular weight excluding hydrogens is 507 g/mol. The maximum absolute atomic E-state index is 5.28. The fraction of sp³-hybridized carbons (Fsp3) is 0.286. The molecule has 0 aliphatic rings. The number of halogens is 1. The van der Waals surface area contributed by atoms with Crippen molar-refractivity contribution in [3.63, 3.8) is 0 Å². The van der Waals surface area contributed by atoms with E-state index in [9.17, 15) is 0 Å². The van der Waals surface area contributed by atoms with Crippen molar-refractivity contribution in [1.29, 1.82) is 0 Å². The Balaban J connectivity index is 0.00000272. The molecule has 0 spiro atoms. The van der Waals surface area contributed by atoms with Crippen LogP contribution in [0.15, 0.2) is 58.2 Å². The number of nitrogens with one attached hydrogen (secondary N) is 2. The van der Waals surface area contributed by atoms with Crippen molar-refractivity contribution >= 4 is 35.6 Å². The van der Waals surface area contributed by atoms with Crippen LogP contribution in [0.4, 0.5) is 0 Å². The van der Waals surface area contributed by atoms with Crippen LogP contribution in [0.5, 0.6) is 0 Å². The molecule has 10 heteroatoms. The lowest BCUT2D eigenvalue weighted by molar-refractivity contribution is 0.423. The quantitative estimate of drug-likeness (QED) is 0.214. The molecule has 0 aliphatic carbocycles. The zero-order valence-corrected chi connectivity index (χ0v) is 19.8. The Morgan fingerprint density at radius 1 is 1.10 bits per heavy atom. The molecule has 0 bridgehead atoms. The summed E-state index contributed by atoms with van der Waals surface area (Å²) in [5.41, 5.74) is 2.96.